The van der Waals surface area contributed by atoms with Gasteiger partial charge >= 0.3 is 0 Å². The molecule has 0 spiro atoms. The lowest BCUT2D eigenvalue weighted by Gasteiger charge is -1.95. The average molecular weight is 177 g/mol. The molecular weight excluding hydrogens is 157 g/mol. The number of aryl methyl sites for hydroxylation is 1. The van der Waals surface area contributed by atoms with Crippen LogP contribution in [0.2, 0.25) is 6.82 Å². The van der Waals surface area contributed by atoms with E-state index in [4.69, 9.17) is 5.73 Å². The second kappa shape index (κ2) is 11.1. The fourth-order valence-corrected chi connectivity index (χ4v) is 0.813. The van der Waals surface area contributed by atoms with Gasteiger partial charge in [-0.25, -0.2) is 0 Å². The highest BCUT2D eigenvalue weighted by molar-refractivity contribution is 6.05. The molecular formula is C11H20BN. The molecule has 0 aliphatic carbocycles. The molecule has 0 heterocycles. The van der Waals surface area contributed by atoms with Gasteiger partial charge in [-0.05, 0) is 24.1 Å². The summed E-state index contributed by atoms with van der Waals surface area (Å²) >= 11 is 0. The topological polar surface area (TPSA) is 26.0 Å². The van der Waals surface area contributed by atoms with E-state index in [2.05, 4.69) is 20.8 Å². The molecule has 2 heteroatoms. The minimum atomic E-state index is 0.856. The summed E-state index contributed by atoms with van der Waals surface area (Å²) in [5.74, 6) is 0. The van der Waals surface area contributed by atoms with Crippen molar-refractivity contribution < 1.29 is 0 Å². The molecule has 0 atom stereocenters. The SMILES string of the molecule is CC.CCc1cccc(N)c1.[B]C. The maximum absolute atomic E-state index is 5.53. The second-order valence-electron chi connectivity index (χ2n) is 2.10. The van der Waals surface area contributed by atoms with Crippen molar-refractivity contribution in [1.29, 1.82) is 0 Å². The standard InChI is InChI=1S/C8H11N.C2H6.CH3B/c1-2-7-4-3-5-8(9)6-7;2*1-2/h3-6H,2,9H2,1H3;1-2H3;1H3. The molecule has 2 radical (unpaired) electrons. The van der Waals surface area contributed by atoms with Crippen molar-refractivity contribution in [2.45, 2.75) is 34.0 Å². The largest absolute Gasteiger partial charge is 0.399 e. The van der Waals surface area contributed by atoms with Gasteiger partial charge < -0.3 is 5.73 Å². The Hall–Kier alpha value is -0.915. The van der Waals surface area contributed by atoms with Crippen LogP contribution in [-0.4, -0.2) is 7.85 Å². The third-order valence-corrected chi connectivity index (χ3v) is 1.36. The van der Waals surface area contributed by atoms with Crippen LogP contribution < -0.4 is 5.73 Å². The van der Waals surface area contributed by atoms with Crippen LogP contribution in [0.15, 0.2) is 24.3 Å². The first kappa shape index (κ1) is 14.6. The average Bonchev–Trinajstić information content (AvgIpc) is 2.24. The predicted molar refractivity (Wildman–Crippen MR) is 63.2 cm³/mol. The van der Waals surface area contributed by atoms with Crippen molar-refractivity contribution in [2.24, 2.45) is 0 Å². The maximum atomic E-state index is 5.53. The lowest BCUT2D eigenvalue weighted by Crippen LogP contribution is -1.85. The number of benzene rings is 1. The van der Waals surface area contributed by atoms with Gasteiger partial charge in [0.25, 0.3) is 0 Å². The van der Waals surface area contributed by atoms with E-state index in [1.165, 1.54) is 12.4 Å². The van der Waals surface area contributed by atoms with E-state index < -0.39 is 0 Å². The quantitative estimate of drug-likeness (QED) is 0.517. The molecule has 0 bridgehead atoms. The van der Waals surface area contributed by atoms with Crippen LogP contribution in [0.4, 0.5) is 5.69 Å². The molecule has 1 aromatic carbocycles. The van der Waals surface area contributed by atoms with E-state index in [1.807, 2.05) is 32.0 Å². The normalized spacial score (nSPS) is 7.38. The number of anilines is 1. The first-order valence-corrected chi connectivity index (χ1v) is 4.75. The third-order valence-electron chi connectivity index (χ3n) is 1.36. The first-order valence-electron chi connectivity index (χ1n) is 4.75. The zero-order valence-electron chi connectivity index (χ0n) is 9.17. The fraction of sp³-hybridized carbons (Fsp3) is 0.455. The summed E-state index contributed by atoms with van der Waals surface area (Å²) in [5, 5.41) is 0. The monoisotopic (exact) mass is 177 g/mol. The van der Waals surface area contributed by atoms with Crippen LogP contribution >= 0.6 is 0 Å². The summed E-state index contributed by atoms with van der Waals surface area (Å²) in [4.78, 5) is 0. The highest BCUT2D eigenvalue weighted by Crippen LogP contribution is 2.05. The van der Waals surface area contributed by atoms with Gasteiger partial charge in [-0.2, -0.15) is 0 Å². The molecule has 0 aromatic heterocycles. The van der Waals surface area contributed by atoms with Crippen LogP contribution in [0.1, 0.15) is 26.3 Å². The van der Waals surface area contributed by atoms with E-state index in [9.17, 15) is 0 Å². The van der Waals surface area contributed by atoms with E-state index >= 15 is 0 Å². The van der Waals surface area contributed by atoms with Crippen molar-refractivity contribution in [3.63, 3.8) is 0 Å². The Kier molecular flexibility index (Phi) is 12.4. The van der Waals surface area contributed by atoms with E-state index in [1.54, 1.807) is 0 Å². The highest BCUT2D eigenvalue weighted by atomic mass is 14.5. The summed E-state index contributed by atoms with van der Waals surface area (Å²) in [7, 11) is 4.50. The zero-order chi connectivity index (χ0) is 10.7. The molecule has 1 nitrogen and oxygen atoms in total. The maximum Gasteiger partial charge on any atom is 0.0606 e. The van der Waals surface area contributed by atoms with Crippen LogP contribution in [-0.2, 0) is 6.42 Å². The minimum Gasteiger partial charge on any atom is -0.399 e. The van der Waals surface area contributed by atoms with E-state index in [-0.39, 0.29) is 0 Å². The van der Waals surface area contributed by atoms with Crippen molar-refractivity contribution in [3.8, 4) is 0 Å². The number of rotatable bonds is 1. The van der Waals surface area contributed by atoms with Gasteiger partial charge in [0.05, 0.1) is 7.85 Å². The smallest absolute Gasteiger partial charge is 0.0606 e. The van der Waals surface area contributed by atoms with Gasteiger partial charge in [-0.1, -0.05) is 39.7 Å². The van der Waals surface area contributed by atoms with Gasteiger partial charge in [0, 0.05) is 5.69 Å². The van der Waals surface area contributed by atoms with Crippen molar-refractivity contribution >= 4 is 13.5 Å². The molecule has 72 valence electrons. The van der Waals surface area contributed by atoms with E-state index in [0.717, 1.165) is 12.1 Å². The Balaban J connectivity index is 0. The molecule has 2 N–H and O–H groups in total. The molecule has 0 aliphatic rings. The zero-order valence-corrected chi connectivity index (χ0v) is 9.17. The Labute approximate surface area is 83.8 Å². The summed E-state index contributed by atoms with van der Waals surface area (Å²) in [6.07, 6.45) is 1.06. The van der Waals surface area contributed by atoms with Gasteiger partial charge in [-0.15, -0.1) is 0 Å². The molecule has 0 amide bonds. The summed E-state index contributed by atoms with van der Waals surface area (Å²) in [5.41, 5.74) is 7.69. The summed E-state index contributed by atoms with van der Waals surface area (Å²) in [6, 6.07) is 7.96. The lowest BCUT2D eigenvalue weighted by atomic mass is 10.1. The number of nitrogen functional groups attached to an aromatic ring is 1. The molecule has 0 unspecified atom stereocenters. The summed E-state index contributed by atoms with van der Waals surface area (Å²) < 4.78 is 0. The second-order valence-corrected chi connectivity index (χ2v) is 2.10. The fourth-order valence-electron chi connectivity index (χ4n) is 0.813. The van der Waals surface area contributed by atoms with Crippen LogP contribution in [0.3, 0.4) is 0 Å². The molecule has 0 saturated heterocycles. The minimum absolute atomic E-state index is 0.856. The predicted octanol–water partition coefficient (Wildman–Crippen LogP) is 3.06. The molecule has 1 rings (SSSR count). The Morgan fingerprint density at radius 1 is 1.23 bits per heavy atom. The van der Waals surface area contributed by atoms with Gasteiger partial charge in [0.1, 0.15) is 0 Å². The lowest BCUT2D eigenvalue weighted by molar-refractivity contribution is 1.14. The third kappa shape index (κ3) is 7.45. The molecule has 13 heavy (non-hydrogen) atoms. The molecule has 1 aromatic rings. The van der Waals surface area contributed by atoms with Crippen molar-refractivity contribution in [3.05, 3.63) is 29.8 Å². The number of hydrogen-bond acceptors (Lipinski definition) is 1. The number of nitrogens with two attached hydrogens (primary N) is 1. The highest BCUT2D eigenvalue weighted by Gasteiger charge is 1.86. The van der Waals surface area contributed by atoms with Gasteiger partial charge in [-0.3, -0.25) is 0 Å². The van der Waals surface area contributed by atoms with E-state index in [0.29, 0.717) is 0 Å². The Bertz CT molecular complexity index is 199. The van der Waals surface area contributed by atoms with Crippen LogP contribution in [0, 0.1) is 0 Å². The molecule has 0 fully saturated rings. The first-order chi connectivity index (χ1) is 6.33. The van der Waals surface area contributed by atoms with Gasteiger partial charge in [0.2, 0.25) is 0 Å². The Morgan fingerprint density at radius 3 is 2.08 bits per heavy atom. The molecule has 0 saturated carbocycles. The van der Waals surface area contributed by atoms with Crippen molar-refractivity contribution in [2.75, 3.05) is 5.73 Å². The molecule has 0 aliphatic heterocycles. The van der Waals surface area contributed by atoms with Crippen molar-refractivity contribution in [1.82, 2.24) is 0 Å². The van der Waals surface area contributed by atoms with Crippen LogP contribution in [0.5, 0.6) is 0 Å². The Morgan fingerprint density at radius 2 is 1.77 bits per heavy atom. The van der Waals surface area contributed by atoms with Gasteiger partial charge in [0.15, 0.2) is 0 Å². The van der Waals surface area contributed by atoms with Crippen LogP contribution in [0.25, 0.3) is 0 Å². The summed E-state index contributed by atoms with van der Waals surface area (Å²) in [6.45, 7) is 7.62. The number of hydrogen-bond donors (Lipinski definition) is 1.